The lowest BCUT2D eigenvalue weighted by Crippen LogP contribution is -2.42. The second kappa shape index (κ2) is 5.42. The molecule has 0 aromatic carbocycles. The molecule has 0 N–H and O–H groups in total. The van der Waals surface area contributed by atoms with Crippen LogP contribution in [-0.4, -0.2) is 66.0 Å². The molecule has 2 aliphatic heterocycles. The fourth-order valence-corrected chi connectivity index (χ4v) is 4.93. The molecule has 1 aliphatic carbocycles. The lowest BCUT2D eigenvalue weighted by Gasteiger charge is -2.31. The third-order valence-electron chi connectivity index (χ3n) is 5.34. The minimum atomic E-state index is -3.21. The normalized spacial score (nSPS) is 31.9. The third kappa shape index (κ3) is 2.64. The van der Waals surface area contributed by atoms with E-state index in [2.05, 4.69) is 15.1 Å². The average Bonchev–Trinajstić information content (AvgIpc) is 3.21. The van der Waals surface area contributed by atoms with Crippen LogP contribution in [0.4, 0.5) is 5.95 Å². The van der Waals surface area contributed by atoms with Crippen molar-refractivity contribution in [1.82, 2.24) is 19.1 Å². The Kier molecular flexibility index (Phi) is 3.62. The monoisotopic (exact) mass is 341 g/mol. The maximum atomic E-state index is 11.8. The van der Waals surface area contributed by atoms with Crippen molar-refractivity contribution in [3.8, 4) is 0 Å². The second-order valence-corrected chi connectivity index (χ2v) is 8.87. The molecular formula is C14H23N5O3S. The maximum Gasteiger partial charge on any atom is 0.227 e. The number of ether oxygens (including phenoxy) is 1. The van der Waals surface area contributed by atoms with E-state index in [0.717, 1.165) is 18.4 Å². The standard InChI is InChI=1S/C14H23N5O3S/c1-17-13(12-9-18(5-6-22-12)23(2,20)21)15-16-14(17)19-8-10-3-4-11(19)7-10/h10-12H,3-9H2,1-2H3. The van der Waals surface area contributed by atoms with E-state index in [1.165, 1.54) is 29.8 Å². The van der Waals surface area contributed by atoms with Crippen LogP contribution in [0.5, 0.6) is 0 Å². The maximum absolute atomic E-state index is 11.8. The van der Waals surface area contributed by atoms with E-state index < -0.39 is 10.0 Å². The van der Waals surface area contributed by atoms with Crippen molar-refractivity contribution >= 4 is 16.0 Å². The topological polar surface area (TPSA) is 80.6 Å². The van der Waals surface area contributed by atoms with Gasteiger partial charge in [-0.3, -0.25) is 4.57 Å². The van der Waals surface area contributed by atoms with Crippen LogP contribution in [0, 0.1) is 5.92 Å². The Labute approximate surface area is 136 Å². The molecule has 0 radical (unpaired) electrons. The van der Waals surface area contributed by atoms with E-state index in [1.807, 2.05) is 11.6 Å². The number of piperidine rings is 1. The molecule has 3 heterocycles. The van der Waals surface area contributed by atoms with Gasteiger partial charge in [-0.1, -0.05) is 0 Å². The Morgan fingerprint density at radius 1 is 1.22 bits per heavy atom. The zero-order valence-electron chi connectivity index (χ0n) is 13.6. The Morgan fingerprint density at radius 3 is 2.70 bits per heavy atom. The van der Waals surface area contributed by atoms with Gasteiger partial charge in [0.05, 0.1) is 12.9 Å². The van der Waals surface area contributed by atoms with Crippen LogP contribution in [0.25, 0.3) is 0 Å². The summed E-state index contributed by atoms with van der Waals surface area (Å²) in [6, 6.07) is 0.579. The van der Waals surface area contributed by atoms with E-state index in [0.29, 0.717) is 31.6 Å². The Morgan fingerprint density at radius 2 is 2.04 bits per heavy atom. The van der Waals surface area contributed by atoms with Crippen LogP contribution in [0.1, 0.15) is 31.2 Å². The molecule has 3 atom stereocenters. The van der Waals surface area contributed by atoms with Gasteiger partial charge >= 0.3 is 0 Å². The van der Waals surface area contributed by atoms with Crippen LogP contribution in [0.15, 0.2) is 0 Å². The summed E-state index contributed by atoms with van der Waals surface area (Å²) in [4.78, 5) is 2.35. The van der Waals surface area contributed by atoms with E-state index in [1.54, 1.807) is 0 Å². The number of fused-ring (bicyclic) bond motifs is 2. The summed E-state index contributed by atoms with van der Waals surface area (Å²) in [7, 11) is -1.27. The Hall–Kier alpha value is -1.19. The Bertz CT molecular complexity index is 703. The molecule has 0 spiro atoms. The van der Waals surface area contributed by atoms with Gasteiger partial charge in [-0.2, -0.15) is 4.31 Å². The van der Waals surface area contributed by atoms with Crippen LogP contribution in [-0.2, 0) is 21.8 Å². The first-order valence-corrected chi connectivity index (χ1v) is 10.0. The largest absolute Gasteiger partial charge is 0.367 e. The van der Waals surface area contributed by atoms with Crippen LogP contribution < -0.4 is 4.90 Å². The van der Waals surface area contributed by atoms with Crippen molar-refractivity contribution in [2.75, 3.05) is 37.4 Å². The number of anilines is 1. The molecule has 3 fully saturated rings. The molecule has 23 heavy (non-hydrogen) atoms. The first kappa shape index (κ1) is 15.3. The van der Waals surface area contributed by atoms with Gasteiger partial charge in [0, 0.05) is 32.7 Å². The molecule has 1 aromatic heterocycles. The molecule has 9 heteroatoms. The van der Waals surface area contributed by atoms with Gasteiger partial charge in [0.15, 0.2) is 5.82 Å². The summed E-state index contributed by atoms with van der Waals surface area (Å²) in [5.41, 5.74) is 0. The van der Waals surface area contributed by atoms with Gasteiger partial charge < -0.3 is 9.64 Å². The number of sulfonamides is 1. The fourth-order valence-electron chi connectivity index (χ4n) is 4.12. The lowest BCUT2D eigenvalue weighted by atomic mass is 10.1. The predicted molar refractivity (Wildman–Crippen MR) is 84.6 cm³/mol. The minimum absolute atomic E-state index is 0.302. The smallest absolute Gasteiger partial charge is 0.227 e. The molecular weight excluding hydrogens is 318 g/mol. The van der Waals surface area contributed by atoms with E-state index in [9.17, 15) is 8.42 Å². The Balaban J connectivity index is 1.56. The summed E-state index contributed by atoms with van der Waals surface area (Å²) in [5.74, 6) is 2.37. The molecule has 2 bridgehead atoms. The second-order valence-electron chi connectivity index (χ2n) is 6.88. The van der Waals surface area contributed by atoms with Gasteiger partial charge in [-0.05, 0) is 25.2 Å². The molecule has 4 rings (SSSR count). The van der Waals surface area contributed by atoms with Crippen molar-refractivity contribution in [2.24, 2.45) is 13.0 Å². The molecule has 2 saturated heterocycles. The predicted octanol–water partition coefficient (Wildman–Crippen LogP) is 0.137. The van der Waals surface area contributed by atoms with E-state index >= 15 is 0 Å². The highest BCUT2D eigenvalue weighted by Gasteiger charge is 2.40. The van der Waals surface area contributed by atoms with Gasteiger partial charge in [0.1, 0.15) is 6.10 Å². The lowest BCUT2D eigenvalue weighted by molar-refractivity contribution is -0.00889. The van der Waals surface area contributed by atoms with Gasteiger partial charge in [0.2, 0.25) is 16.0 Å². The number of rotatable bonds is 3. The first-order chi connectivity index (χ1) is 10.9. The minimum Gasteiger partial charge on any atom is -0.367 e. The number of hydrogen-bond donors (Lipinski definition) is 0. The molecule has 3 aliphatic rings. The molecule has 3 unspecified atom stereocenters. The highest BCUT2D eigenvalue weighted by molar-refractivity contribution is 7.88. The van der Waals surface area contributed by atoms with Crippen molar-refractivity contribution in [1.29, 1.82) is 0 Å². The van der Waals surface area contributed by atoms with Crippen molar-refractivity contribution in [3.05, 3.63) is 5.82 Å². The highest BCUT2D eigenvalue weighted by atomic mass is 32.2. The van der Waals surface area contributed by atoms with Crippen LogP contribution in [0.3, 0.4) is 0 Å². The summed E-state index contributed by atoms with van der Waals surface area (Å²) in [6.45, 7) is 2.14. The molecule has 128 valence electrons. The summed E-state index contributed by atoms with van der Waals surface area (Å²) in [6.07, 6.45) is 4.68. The summed E-state index contributed by atoms with van der Waals surface area (Å²) >= 11 is 0. The fraction of sp³-hybridized carbons (Fsp3) is 0.857. The van der Waals surface area contributed by atoms with Crippen molar-refractivity contribution in [3.63, 3.8) is 0 Å². The third-order valence-corrected chi connectivity index (χ3v) is 6.61. The zero-order valence-corrected chi connectivity index (χ0v) is 14.4. The summed E-state index contributed by atoms with van der Waals surface area (Å²) < 4.78 is 32.7. The van der Waals surface area contributed by atoms with Gasteiger partial charge in [0.25, 0.3) is 0 Å². The van der Waals surface area contributed by atoms with Crippen molar-refractivity contribution in [2.45, 2.75) is 31.4 Å². The molecule has 1 aromatic rings. The SMILES string of the molecule is Cn1c(C2CN(S(C)(=O)=O)CCO2)nnc1N1CC2CCC1C2. The first-order valence-electron chi connectivity index (χ1n) is 8.16. The van der Waals surface area contributed by atoms with Crippen LogP contribution in [0.2, 0.25) is 0 Å². The van der Waals surface area contributed by atoms with E-state index in [-0.39, 0.29) is 6.10 Å². The number of morpholine rings is 1. The quantitative estimate of drug-likeness (QED) is 0.778. The summed E-state index contributed by atoms with van der Waals surface area (Å²) in [5, 5.41) is 8.68. The molecule has 8 nitrogen and oxygen atoms in total. The number of nitrogens with zero attached hydrogens (tertiary/aromatic N) is 5. The molecule has 1 saturated carbocycles. The van der Waals surface area contributed by atoms with Crippen LogP contribution >= 0.6 is 0 Å². The average molecular weight is 341 g/mol. The zero-order chi connectivity index (χ0) is 16.2. The highest BCUT2D eigenvalue weighted by Crippen LogP contribution is 2.39. The van der Waals surface area contributed by atoms with Crippen molar-refractivity contribution < 1.29 is 13.2 Å². The van der Waals surface area contributed by atoms with Gasteiger partial charge in [-0.25, -0.2) is 8.42 Å². The van der Waals surface area contributed by atoms with E-state index in [4.69, 9.17) is 4.74 Å². The number of aromatic nitrogens is 3. The molecule has 0 amide bonds. The number of hydrogen-bond acceptors (Lipinski definition) is 6. The van der Waals surface area contributed by atoms with Gasteiger partial charge in [-0.15, -0.1) is 10.2 Å².